The number of rotatable bonds is 4. The highest BCUT2D eigenvalue weighted by Crippen LogP contribution is 2.35. The second-order valence-electron chi connectivity index (χ2n) is 7.63. The minimum Gasteiger partial charge on any atom is -0.312 e. The lowest BCUT2D eigenvalue weighted by Crippen LogP contribution is -2.47. The summed E-state index contributed by atoms with van der Waals surface area (Å²) in [6, 6.07) is 4.20. The topological polar surface area (TPSA) is 54.3 Å². The lowest BCUT2D eigenvalue weighted by Gasteiger charge is -2.42. The number of hydrogen-bond acceptors (Lipinski definition) is 5. The second-order valence-corrected chi connectivity index (χ2v) is 7.63. The van der Waals surface area contributed by atoms with Crippen LogP contribution in [0.15, 0.2) is 35.5 Å². The summed E-state index contributed by atoms with van der Waals surface area (Å²) in [7, 11) is 4.01. The number of piperidine rings is 1. The first-order chi connectivity index (χ1) is 12.1. The number of fused-ring (bicyclic) bond motifs is 4. The van der Waals surface area contributed by atoms with Crippen molar-refractivity contribution in [1.29, 1.82) is 0 Å². The summed E-state index contributed by atoms with van der Waals surface area (Å²) < 4.78 is 2.04. The van der Waals surface area contributed by atoms with Crippen LogP contribution >= 0.6 is 0 Å². The summed E-state index contributed by atoms with van der Waals surface area (Å²) in [5, 5.41) is 0. The van der Waals surface area contributed by atoms with E-state index in [4.69, 9.17) is 0 Å². The molecule has 2 aromatic rings. The summed E-state index contributed by atoms with van der Waals surface area (Å²) in [4.78, 5) is 25.9. The molecule has 0 aliphatic carbocycles. The van der Waals surface area contributed by atoms with Crippen molar-refractivity contribution in [2.45, 2.75) is 32.0 Å². The minimum atomic E-state index is 0.197. The molecule has 2 aliphatic rings. The van der Waals surface area contributed by atoms with Gasteiger partial charge in [-0.3, -0.25) is 19.7 Å². The molecule has 4 rings (SSSR count). The average Bonchev–Trinajstić information content (AvgIpc) is 2.58. The van der Waals surface area contributed by atoms with Crippen LogP contribution in [0, 0.1) is 5.92 Å². The van der Waals surface area contributed by atoms with Crippen LogP contribution in [0.25, 0.3) is 0 Å². The first kappa shape index (κ1) is 16.4. The first-order valence-electron chi connectivity index (χ1n) is 8.94. The first-order valence-corrected chi connectivity index (χ1v) is 8.94. The Kier molecular flexibility index (Phi) is 4.39. The molecule has 0 saturated carbocycles. The second kappa shape index (κ2) is 6.69. The van der Waals surface area contributed by atoms with E-state index in [2.05, 4.69) is 25.8 Å². The van der Waals surface area contributed by atoms with Crippen molar-refractivity contribution in [2.75, 3.05) is 27.2 Å². The maximum atomic E-state index is 12.9. The molecule has 2 aliphatic heterocycles. The summed E-state index contributed by atoms with van der Waals surface area (Å²) in [5.41, 5.74) is 3.31. The Bertz CT molecular complexity index is 801. The van der Waals surface area contributed by atoms with Crippen molar-refractivity contribution in [3.05, 3.63) is 58.0 Å². The number of likely N-dealkylation sites (tertiary alicyclic amines) is 1. The summed E-state index contributed by atoms with van der Waals surface area (Å²) in [5.74, 6) is 0.973. The molecule has 0 spiro atoms. The van der Waals surface area contributed by atoms with Crippen LogP contribution in [-0.4, -0.2) is 51.5 Å². The third-order valence-corrected chi connectivity index (χ3v) is 5.25. The van der Waals surface area contributed by atoms with Crippen LogP contribution < -0.4 is 5.56 Å². The van der Waals surface area contributed by atoms with Crippen molar-refractivity contribution in [1.82, 2.24) is 24.3 Å². The van der Waals surface area contributed by atoms with Crippen LogP contribution in [-0.2, 0) is 19.6 Å². The van der Waals surface area contributed by atoms with E-state index in [1.807, 2.05) is 30.9 Å². The Balaban J connectivity index is 1.57. The molecule has 0 unspecified atom stereocenters. The van der Waals surface area contributed by atoms with E-state index in [1.54, 1.807) is 12.4 Å². The summed E-state index contributed by atoms with van der Waals surface area (Å²) in [6.45, 7) is 4.39. The molecule has 2 bridgehead atoms. The quantitative estimate of drug-likeness (QED) is 0.841. The zero-order chi connectivity index (χ0) is 17.4. The molecule has 1 saturated heterocycles. The van der Waals surface area contributed by atoms with Gasteiger partial charge in [-0.25, -0.2) is 0 Å². The van der Waals surface area contributed by atoms with E-state index >= 15 is 0 Å². The van der Waals surface area contributed by atoms with E-state index in [-0.39, 0.29) is 5.56 Å². The van der Waals surface area contributed by atoms with Gasteiger partial charge in [-0.15, -0.1) is 0 Å². The van der Waals surface area contributed by atoms with Crippen molar-refractivity contribution >= 4 is 0 Å². The highest BCUT2D eigenvalue weighted by Gasteiger charge is 2.34. The Hall–Kier alpha value is -2.05. The maximum Gasteiger partial charge on any atom is 0.255 e. The highest BCUT2D eigenvalue weighted by molar-refractivity contribution is 5.22. The fourth-order valence-electron chi connectivity index (χ4n) is 4.32. The Labute approximate surface area is 148 Å². The van der Waals surface area contributed by atoms with Crippen LogP contribution in [0.2, 0.25) is 0 Å². The van der Waals surface area contributed by atoms with Gasteiger partial charge in [0.2, 0.25) is 0 Å². The number of nitrogens with zero attached hydrogens (tertiary/aromatic N) is 5. The SMILES string of the molecule is CN(C)Cc1ccc2n(c1=O)C[C@H]1C[C@@H]2CN(Cc2cnccn2)C1. The van der Waals surface area contributed by atoms with Crippen molar-refractivity contribution < 1.29 is 0 Å². The largest absolute Gasteiger partial charge is 0.312 e. The number of hydrogen-bond donors (Lipinski definition) is 0. The van der Waals surface area contributed by atoms with Crippen LogP contribution in [0.1, 0.15) is 29.3 Å². The molecule has 25 heavy (non-hydrogen) atoms. The van der Waals surface area contributed by atoms with Gasteiger partial charge in [-0.2, -0.15) is 0 Å². The maximum absolute atomic E-state index is 12.9. The van der Waals surface area contributed by atoms with Crippen molar-refractivity contribution in [3.8, 4) is 0 Å². The van der Waals surface area contributed by atoms with Crippen LogP contribution in [0.5, 0.6) is 0 Å². The predicted octanol–water partition coefficient (Wildman–Crippen LogP) is 1.32. The van der Waals surface area contributed by atoms with Gasteiger partial charge in [0, 0.05) is 68.5 Å². The molecular formula is C19H25N5O. The van der Waals surface area contributed by atoms with Gasteiger partial charge in [0.25, 0.3) is 5.56 Å². The van der Waals surface area contributed by atoms with E-state index < -0.39 is 0 Å². The molecular weight excluding hydrogens is 314 g/mol. The normalized spacial score (nSPS) is 22.8. The third-order valence-electron chi connectivity index (χ3n) is 5.25. The molecule has 4 heterocycles. The van der Waals surface area contributed by atoms with Gasteiger partial charge >= 0.3 is 0 Å². The van der Waals surface area contributed by atoms with Gasteiger partial charge < -0.3 is 9.47 Å². The molecule has 0 radical (unpaired) electrons. The van der Waals surface area contributed by atoms with E-state index in [0.717, 1.165) is 37.4 Å². The van der Waals surface area contributed by atoms with Crippen molar-refractivity contribution in [3.63, 3.8) is 0 Å². The zero-order valence-electron chi connectivity index (χ0n) is 14.9. The standard InChI is InChI=1S/C19H25N5O/c1-22(2)11-15-3-4-18-16-7-14(10-24(18)19(15)25)9-23(12-16)13-17-8-20-5-6-21-17/h3-6,8,14,16H,7,9-13H2,1-2H3/t14-,16+/m0/s1. The van der Waals surface area contributed by atoms with Crippen LogP contribution in [0.3, 0.4) is 0 Å². The lowest BCUT2D eigenvalue weighted by molar-refractivity contribution is 0.113. The Morgan fingerprint density at radius 3 is 2.84 bits per heavy atom. The number of pyridine rings is 1. The summed E-state index contributed by atoms with van der Waals surface area (Å²) >= 11 is 0. The molecule has 6 heteroatoms. The smallest absolute Gasteiger partial charge is 0.255 e. The van der Waals surface area contributed by atoms with E-state index in [1.165, 1.54) is 12.1 Å². The van der Waals surface area contributed by atoms with E-state index in [0.29, 0.717) is 18.4 Å². The van der Waals surface area contributed by atoms with Gasteiger partial charge in [0.05, 0.1) is 5.69 Å². The van der Waals surface area contributed by atoms with Gasteiger partial charge in [0.15, 0.2) is 0 Å². The molecule has 0 amide bonds. The van der Waals surface area contributed by atoms with Crippen molar-refractivity contribution in [2.24, 2.45) is 5.92 Å². The van der Waals surface area contributed by atoms with E-state index in [9.17, 15) is 4.79 Å². The third kappa shape index (κ3) is 3.37. The van der Waals surface area contributed by atoms with Gasteiger partial charge in [0.1, 0.15) is 0 Å². The summed E-state index contributed by atoms with van der Waals surface area (Å²) in [6.07, 6.45) is 6.49. The fraction of sp³-hybridized carbons (Fsp3) is 0.526. The zero-order valence-corrected chi connectivity index (χ0v) is 14.9. The minimum absolute atomic E-state index is 0.197. The Morgan fingerprint density at radius 1 is 1.20 bits per heavy atom. The molecule has 6 nitrogen and oxygen atoms in total. The average molecular weight is 339 g/mol. The molecule has 2 atom stereocenters. The Morgan fingerprint density at radius 2 is 2.08 bits per heavy atom. The van der Waals surface area contributed by atoms with Crippen LogP contribution in [0.4, 0.5) is 0 Å². The molecule has 1 fully saturated rings. The van der Waals surface area contributed by atoms with Gasteiger partial charge in [-0.05, 0) is 32.5 Å². The predicted molar refractivity (Wildman–Crippen MR) is 96.3 cm³/mol. The molecule has 2 aromatic heterocycles. The fourth-order valence-corrected chi connectivity index (χ4v) is 4.32. The molecule has 0 N–H and O–H groups in total. The molecule has 0 aromatic carbocycles. The lowest BCUT2D eigenvalue weighted by atomic mass is 9.83. The monoisotopic (exact) mass is 339 g/mol. The van der Waals surface area contributed by atoms with Gasteiger partial charge in [-0.1, -0.05) is 6.07 Å². The molecule has 132 valence electrons. The highest BCUT2D eigenvalue weighted by atomic mass is 16.1. The number of aromatic nitrogens is 3.